The topological polar surface area (TPSA) is 19.4 Å². The normalized spacial score (nSPS) is 14.3. The molecular formula is C82H102N5+5. The highest BCUT2D eigenvalue weighted by atomic mass is 15.0. The fraction of sp³-hybridized carbons (Fsp3) is 0.329. The second-order valence-electron chi connectivity index (χ2n) is 24.0. The number of hydrogen-bond donors (Lipinski definition) is 0. The predicted molar refractivity (Wildman–Crippen MR) is 367 cm³/mol. The molecule has 10 aromatic rings. The smallest absolute Gasteiger partial charge is 0.201 e. The molecule has 5 aromatic heterocycles. The van der Waals surface area contributed by atoms with Gasteiger partial charge < -0.3 is 0 Å². The van der Waals surface area contributed by atoms with Gasteiger partial charge >= 0.3 is 0 Å². The number of aromatic nitrogens is 5. The zero-order valence-electron chi connectivity index (χ0n) is 65.7. The number of rotatable bonds is 6. The SMILES string of the molecule is Cc1cc(C)[n+](C)c(-c2ccccc2C)c1.[2H]C([2H])([2H])c1c(C)c(C)c(-c2ccccc2C)[n+](C)c1C.[2H]C([2H])([2H])c1c(C)cc(-c2ccccc2C)[n+](C)c1C.[2H]C([2H])([2H])c1ccc(-c2ccccc2C)[n+](C)c1C.[2H]C1(c2c[n+](C)c(-c3ccccc3C)cc2C)CCCC1. The van der Waals surface area contributed by atoms with Crippen molar-refractivity contribution in [1.29, 1.82) is 0 Å². The average molecular weight is 1170 g/mol. The molecule has 0 unspecified atom stereocenters. The molecule has 1 fully saturated rings. The number of pyridine rings is 5. The lowest BCUT2D eigenvalue weighted by Crippen LogP contribution is -2.37. The van der Waals surface area contributed by atoms with E-state index in [1.165, 1.54) is 85.6 Å². The molecule has 11 rings (SSSR count). The van der Waals surface area contributed by atoms with Gasteiger partial charge in [-0.1, -0.05) is 104 Å². The number of benzene rings is 5. The molecule has 450 valence electrons. The minimum Gasteiger partial charge on any atom is -0.201 e. The van der Waals surface area contributed by atoms with Gasteiger partial charge in [0, 0.05) is 127 Å². The van der Waals surface area contributed by atoms with Crippen molar-refractivity contribution in [3.8, 4) is 56.3 Å². The highest BCUT2D eigenvalue weighted by molar-refractivity contribution is 5.67. The van der Waals surface area contributed by atoms with Crippen LogP contribution in [0.2, 0.25) is 0 Å². The van der Waals surface area contributed by atoms with Gasteiger partial charge in [0.2, 0.25) is 28.5 Å². The van der Waals surface area contributed by atoms with Crippen molar-refractivity contribution in [2.24, 2.45) is 35.2 Å². The molecule has 0 bridgehead atoms. The van der Waals surface area contributed by atoms with Gasteiger partial charge in [-0.25, -0.2) is 4.57 Å². The molecule has 1 aliphatic carbocycles. The van der Waals surface area contributed by atoms with E-state index in [2.05, 4.69) is 188 Å². The maximum Gasteiger partial charge on any atom is 0.215 e. The summed E-state index contributed by atoms with van der Waals surface area (Å²) >= 11 is 0. The van der Waals surface area contributed by atoms with Crippen LogP contribution in [0.15, 0.2) is 164 Å². The standard InChI is InChI=1S/C19H24N.C17H22N.C16H20N.2C15H18N/c1-14-8-4-7-11-17(14)19-12-15(2)18(13-20(19)3)16-9-5-6-10-16;1-11-9-7-8-10-16(11)17-14(4)12(2)13(3)15(5)18(17)6;1-11-8-6-7-9-15(11)16-10-12(2)13(3)14(4)17(16)5;1-11-9-13(3)16(4)15(10-11)14-8-6-5-7-12(14)2;1-11-9-10-15(16(4)13(11)3)14-8-6-5-7-12(14)2/h4,7-8,11-13,16H,5-6,9-10H2,1-3H3;7-10H,1-6H3;6-10H,1-5H3;2*5-10H,1-4H3/q5*+1/i16D;2*3D3;;1D3. The summed E-state index contributed by atoms with van der Waals surface area (Å²) in [5.74, 6) is -0.369. The van der Waals surface area contributed by atoms with Crippen LogP contribution in [0.1, 0.15) is 146 Å². The summed E-state index contributed by atoms with van der Waals surface area (Å²) in [6.07, 6.45) is 6.56. The van der Waals surface area contributed by atoms with E-state index < -0.39 is 20.6 Å². The third-order valence-corrected chi connectivity index (χ3v) is 18.0. The molecular weight excluding hydrogens is 1050 g/mol. The van der Waals surface area contributed by atoms with Gasteiger partial charge in [-0.15, -0.1) is 0 Å². The van der Waals surface area contributed by atoms with Crippen molar-refractivity contribution in [1.82, 2.24) is 0 Å². The van der Waals surface area contributed by atoms with Crippen molar-refractivity contribution >= 4 is 0 Å². The van der Waals surface area contributed by atoms with Gasteiger partial charge in [-0.2, -0.15) is 18.3 Å². The second kappa shape index (κ2) is 29.5. The molecule has 0 aliphatic heterocycles. The van der Waals surface area contributed by atoms with Crippen LogP contribution in [-0.2, 0) is 35.2 Å². The Morgan fingerprint density at radius 2 is 0.770 bits per heavy atom. The van der Waals surface area contributed by atoms with Gasteiger partial charge in [0.15, 0.2) is 29.0 Å². The summed E-state index contributed by atoms with van der Waals surface area (Å²) in [4.78, 5) is 0. The van der Waals surface area contributed by atoms with Crippen molar-refractivity contribution in [3.63, 3.8) is 0 Å². The quantitative estimate of drug-likeness (QED) is 0.148. The first-order valence-corrected chi connectivity index (χ1v) is 30.6. The molecule has 1 saturated carbocycles. The molecule has 5 heteroatoms. The van der Waals surface area contributed by atoms with E-state index in [1.54, 1.807) is 6.07 Å². The molecule has 0 spiro atoms. The highest BCUT2D eigenvalue weighted by Crippen LogP contribution is 2.36. The Kier molecular flexibility index (Phi) is 18.0. The zero-order valence-corrected chi connectivity index (χ0v) is 55.7. The van der Waals surface area contributed by atoms with Gasteiger partial charge in [0.25, 0.3) is 0 Å². The summed E-state index contributed by atoms with van der Waals surface area (Å²) in [7, 11) is 10.00. The van der Waals surface area contributed by atoms with Crippen molar-refractivity contribution in [2.45, 2.75) is 149 Å². The van der Waals surface area contributed by atoms with E-state index >= 15 is 0 Å². The Morgan fingerprint density at radius 1 is 0.345 bits per heavy atom. The third-order valence-electron chi connectivity index (χ3n) is 18.0. The van der Waals surface area contributed by atoms with Gasteiger partial charge in [-0.3, -0.25) is 0 Å². The van der Waals surface area contributed by atoms with Crippen LogP contribution < -0.4 is 22.8 Å². The zero-order chi connectivity index (χ0) is 72.0. The monoisotopic (exact) mass is 1170 g/mol. The molecule has 1 aliphatic rings. The molecule has 5 nitrogen and oxygen atoms in total. The van der Waals surface area contributed by atoms with Crippen LogP contribution >= 0.6 is 0 Å². The van der Waals surface area contributed by atoms with Gasteiger partial charge in [-0.05, 0) is 195 Å². The number of nitrogens with zero attached hydrogens (tertiary/aromatic N) is 5. The predicted octanol–water partition coefficient (Wildman–Crippen LogP) is 17.8. The summed E-state index contributed by atoms with van der Waals surface area (Å²) in [6.45, 7) is 22.1. The average Bonchev–Trinajstić information content (AvgIpc) is 0.923. The summed E-state index contributed by atoms with van der Waals surface area (Å²) < 4.78 is 88.2. The van der Waals surface area contributed by atoms with E-state index in [1.807, 2.05) is 125 Å². The first kappa shape index (κ1) is 53.1. The number of hydrogen-bond acceptors (Lipinski definition) is 0. The Labute approximate surface area is 539 Å². The first-order chi connectivity index (χ1) is 45.3. The van der Waals surface area contributed by atoms with E-state index in [0.717, 1.165) is 80.4 Å². The van der Waals surface area contributed by atoms with Crippen LogP contribution in [0, 0.1) is 117 Å². The molecule has 5 aromatic carbocycles. The molecule has 0 saturated heterocycles. The maximum atomic E-state index is 8.76. The van der Waals surface area contributed by atoms with E-state index in [9.17, 15) is 0 Å². The largest absolute Gasteiger partial charge is 0.215 e. The fourth-order valence-electron chi connectivity index (χ4n) is 11.9. The van der Waals surface area contributed by atoms with Crippen LogP contribution in [0.4, 0.5) is 0 Å². The minimum atomic E-state index is -2.08. The molecule has 0 amide bonds. The number of aryl methyl sites for hydroxylation is 11. The molecule has 5 heterocycles. The Morgan fingerprint density at radius 3 is 1.25 bits per heavy atom. The minimum absolute atomic E-state index is 0.369. The second-order valence-corrected chi connectivity index (χ2v) is 24.0. The Bertz CT molecular complexity index is 4460. The van der Waals surface area contributed by atoms with Crippen molar-refractivity contribution < 1.29 is 36.5 Å². The lowest BCUT2D eigenvalue weighted by atomic mass is 9.93. The lowest BCUT2D eigenvalue weighted by molar-refractivity contribution is -0.667. The van der Waals surface area contributed by atoms with E-state index in [0.29, 0.717) is 16.7 Å². The first-order valence-electron chi connectivity index (χ1n) is 35.6. The highest BCUT2D eigenvalue weighted by Gasteiger charge is 2.25. The van der Waals surface area contributed by atoms with E-state index in [4.69, 9.17) is 13.7 Å². The van der Waals surface area contributed by atoms with Gasteiger partial charge in [0.1, 0.15) is 35.2 Å². The van der Waals surface area contributed by atoms with Gasteiger partial charge in [0.05, 0.1) is 0 Å². The summed E-state index contributed by atoms with van der Waals surface area (Å²) in [5, 5.41) is 0. The maximum absolute atomic E-state index is 8.76. The molecule has 0 atom stereocenters. The van der Waals surface area contributed by atoms with E-state index in [-0.39, 0.29) is 5.89 Å². The molecule has 87 heavy (non-hydrogen) atoms. The lowest BCUT2D eigenvalue weighted by Gasteiger charge is -2.13. The van der Waals surface area contributed by atoms with Crippen molar-refractivity contribution in [3.05, 3.63) is 265 Å². The Balaban J connectivity index is 0.000000171. The van der Waals surface area contributed by atoms with Crippen LogP contribution in [0.3, 0.4) is 0 Å². The van der Waals surface area contributed by atoms with Crippen molar-refractivity contribution in [2.75, 3.05) is 0 Å². The summed E-state index contributed by atoms with van der Waals surface area (Å²) in [6, 6.07) is 53.8. The summed E-state index contributed by atoms with van der Waals surface area (Å²) in [5.41, 5.74) is 29.4. The molecule has 0 radical (unpaired) electrons. The fourth-order valence-corrected chi connectivity index (χ4v) is 11.9. The third kappa shape index (κ3) is 15.3. The molecule has 0 N–H and O–H groups in total. The van der Waals surface area contributed by atoms with Crippen LogP contribution in [-0.4, -0.2) is 0 Å². The van der Waals surface area contributed by atoms with Crippen LogP contribution in [0.25, 0.3) is 56.3 Å². The van der Waals surface area contributed by atoms with Crippen LogP contribution in [0.5, 0.6) is 0 Å². The Hall–Kier alpha value is -8.15.